The SMILES string of the molecule is Cc1ncc(C2(CNC(=O)c3cccc(Cl)c3Cl)CCC(F)(F)CC2)cn1. The van der Waals surface area contributed by atoms with E-state index in [0.717, 1.165) is 5.56 Å². The number of amides is 1. The van der Waals surface area contributed by atoms with E-state index in [9.17, 15) is 13.6 Å². The van der Waals surface area contributed by atoms with Crippen molar-refractivity contribution in [2.75, 3.05) is 6.54 Å². The smallest absolute Gasteiger partial charge is 0.252 e. The maximum atomic E-state index is 13.7. The number of benzene rings is 1. The molecule has 0 aliphatic heterocycles. The van der Waals surface area contributed by atoms with Crippen molar-refractivity contribution in [2.45, 2.75) is 43.9 Å². The van der Waals surface area contributed by atoms with Crippen LogP contribution >= 0.6 is 23.2 Å². The lowest BCUT2D eigenvalue weighted by molar-refractivity contribution is -0.0517. The summed E-state index contributed by atoms with van der Waals surface area (Å²) in [6, 6.07) is 4.79. The number of halogens is 4. The van der Waals surface area contributed by atoms with Crippen molar-refractivity contribution in [1.29, 1.82) is 0 Å². The van der Waals surface area contributed by atoms with Gasteiger partial charge >= 0.3 is 0 Å². The van der Waals surface area contributed by atoms with Gasteiger partial charge < -0.3 is 5.32 Å². The predicted molar refractivity (Wildman–Crippen MR) is 101 cm³/mol. The average Bonchev–Trinajstić information content (AvgIpc) is 2.64. The quantitative estimate of drug-likeness (QED) is 0.769. The molecule has 2 aromatic rings. The van der Waals surface area contributed by atoms with Gasteiger partial charge in [-0.2, -0.15) is 0 Å². The Balaban J connectivity index is 1.83. The summed E-state index contributed by atoms with van der Waals surface area (Å²) in [5, 5.41) is 3.28. The fourth-order valence-corrected chi connectivity index (χ4v) is 3.74. The van der Waals surface area contributed by atoms with Crippen LogP contribution in [0, 0.1) is 6.92 Å². The number of rotatable bonds is 4. The van der Waals surface area contributed by atoms with Gasteiger partial charge in [0, 0.05) is 37.2 Å². The monoisotopic (exact) mass is 413 g/mol. The minimum absolute atomic E-state index is 0.166. The summed E-state index contributed by atoms with van der Waals surface area (Å²) in [5.41, 5.74) is 0.359. The van der Waals surface area contributed by atoms with Gasteiger partial charge in [-0.1, -0.05) is 29.3 Å². The summed E-state index contributed by atoms with van der Waals surface area (Å²) < 4.78 is 27.5. The highest BCUT2D eigenvalue weighted by atomic mass is 35.5. The molecular formula is C19H19Cl2F2N3O. The highest BCUT2D eigenvalue weighted by molar-refractivity contribution is 6.43. The lowest BCUT2D eigenvalue weighted by atomic mass is 9.69. The van der Waals surface area contributed by atoms with Crippen molar-refractivity contribution in [3.63, 3.8) is 0 Å². The van der Waals surface area contributed by atoms with Gasteiger partial charge in [0.2, 0.25) is 5.92 Å². The molecule has 8 heteroatoms. The first-order valence-electron chi connectivity index (χ1n) is 8.62. The number of nitrogens with zero attached hydrogens (tertiary/aromatic N) is 2. The van der Waals surface area contributed by atoms with Crippen LogP contribution in [0.3, 0.4) is 0 Å². The number of hydrogen-bond acceptors (Lipinski definition) is 3. The predicted octanol–water partition coefficient (Wildman–Crippen LogP) is 4.97. The van der Waals surface area contributed by atoms with Crippen molar-refractivity contribution in [3.05, 3.63) is 57.6 Å². The number of aromatic nitrogens is 2. The van der Waals surface area contributed by atoms with Crippen molar-refractivity contribution >= 4 is 29.1 Å². The summed E-state index contributed by atoms with van der Waals surface area (Å²) in [6.45, 7) is 1.95. The van der Waals surface area contributed by atoms with Crippen LogP contribution in [0.25, 0.3) is 0 Å². The zero-order valence-electron chi connectivity index (χ0n) is 14.7. The summed E-state index contributed by atoms with van der Waals surface area (Å²) in [7, 11) is 0. The Labute approximate surface area is 166 Å². The maximum absolute atomic E-state index is 13.7. The first-order chi connectivity index (χ1) is 12.7. The topological polar surface area (TPSA) is 54.9 Å². The molecule has 1 aromatic heterocycles. The normalized spacial score (nSPS) is 18.1. The molecule has 0 spiro atoms. The highest BCUT2D eigenvalue weighted by Crippen LogP contribution is 2.45. The Morgan fingerprint density at radius 2 is 1.78 bits per heavy atom. The van der Waals surface area contributed by atoms with Crippen LogP contribution in [0.1, 0.15) is 47.4 Å². The van der Waals surface area contributed by atoms with Crippen LogP contribution in [-0.4, -0.2) is 28.3 Å². The van der Waals surface area contributed by atoms with Crippen LogP contribution in [-0.2, 0) is 5.41 Å². The van der Waals surface area contributed by atoms with Gasteiger partial charge in [-0.15, -0.1) is 0 Å². The highest BCUT2D eigenvalue weighted by Gasteiger charge is 2.44. The summed E-state index contributed by atoms with van der Waals surface area (Å²) in [6.07, 6.45) is 3.30. The van der Waals surface area contributed by atoms with Gasteiger partial charge in [0.05, 0.1) is 15.6 Å². The fourth-order valence-electron chi connectivity index (χ4n) is 3.35. The number of nitrogens with one attached hydrogen (secondary N) is 1. The Hall–Kier alpha value is -1.79. The largest absolute Gasteiger partial charge is 0.351 e. The van der Waals surface area contributed by atoms with E-state index in [1.807, 2.05) is 0 Å². The van der Waals surface area contributed by atoms with E-state index in [1.165, 1.54) is 0 Å². The second-order valence-electron chi connectivity index (χ2n) is 6.94. The van der Waals surface area contributed by atoms with Gasteiger partial charge in [-0.25, -0.2) is 18.7 Å². The van der Waals surface area contributed by atoms with E-state index < -0.39 is 17.2 Å². The molecule has 1 saturated carbocycles. The third-order valence-electron chi connectivity index (χ3n) is 5.12. The van der Waals surface area contributed by atoms with Crippen molar-refractivity contribution in [2.24, 2.45) is 0 Å². The number of aryl methyl sites for hydroxylation is 1. The fraction of sp³-hybridized carbons (Fsp3) is 0.421. The molecule has 0 bridgehead atoms. The second kappa shape index (κ2) is 7.68. The molecule has 0 unspecified atom stereocenters. The Morgan fingerprint density at radius 1 is 1.15 bits per heavy atom. The zero-order valence-corrected chi connectivity index (χ0v) is 16.2. The third-order valence-corrected chi connectivity index (χ3v) is 5.93. The molecule has 1 fully saturated rings. The Bertz CT molecular complexity index is 833. The van der Waals surface area contributed by atoms with E-state index in [1.54, 1.807) is 37.5 Å². The molecule has 1 aliphatic rings. The molecule has 1 N–H and O–H groups in total. The van der Waals surface area contributed by atoms with E-state index in [2.05, 4.69) is 15.3 Å². The maximum Gasteiger partial charge on any atom is 0.252 e. The molecule has 0 radical (unpaired) electrons. The van der Waals surface area contributed by atoms with Crippen molar-refractivity contribution < 1.29 is 13.6 Å². The first kappa shape index (κ1) is 20.0. The molecule has 27 heavy (non-hydrogen) atoms. The van der Waals surface area contributed by atoms with E-state index in [0.29, 0.717) is 5.82 Å². The van der Waals surface area contributed by atoms with Crippen LogP contribution in [0.5, 0.6) is 0 Å². The molecule has 1 amide bonds. The second-order valence-corrected chi connectivity index (χ2v) is 7.72. The van der Waals surface area contributed by atoms with Gasteiger partial charge in [-0.3, -0.25) is 4.79 Å². The molecule has 4 nitrogen and oxygen atoms in total. The van der Waals surface area contributed by atoms with E-state index in [-0.39, 0.29) is 47.8 Å². The summed E-state index contributed by atoms with van der Waals surface area (Å²) in [4.78, 5) is 21.0. The minimum Gasteiger partial charge on any atom is -0.351 e. The third kappa shape index (κ3) is 4.38. The Morgan fingerprint density at radius 3 is 2.41 bits per heavy atom. The number of hydrogen-bond donors (Lipinski definition) is 1. The molecule has 3 rings (SSSR count). The van der Waals surface area contributed by atoms with Crippen LogP contribution in [0.15, 0.2) is 30.6 Å². The van der Waals surface area contributed by atoms with Crippen molar-refractivity contribution in [1.82, 2.24) is 15.3 Å². The van der Waals surface area contributed by atoms with E-state index in [4.69, 9.17) is 23.2 Å². The molecule has 144 valence electrons. The first-order valence-corrected chi connectivity index (χ1v) is 9.37. The lowest BCUT2D eigenvalue weighted by Gasteiger charge is -2.40. The van der Waals surface area contributed by atoms with Crippen LogP contribution in [0.4, 0.5) is 8.78 Å². The summed E-state index contributed by atoms with van der Waals surface area (Å²) >= 11 is 12.1. The van der Waals surface area contributed by atoms with Gasteiger partial charge in [0.25, 0.3) is 5.91 Å². The Kier molecular flexibility index (Phi) is 5.68. The molecule has 1 heterocycles. The molecule has 0 saturated heterocycles. The van der Waals surface area contributed by atoms with Crippen molar-refractivity contribution in [3.8, 4) is 0 Å². The molecule has 1 aromatic carbocycles. The van der Waals surface area contributed by atoms with Gasteiger partial charge in [0.1, 0.15) is 5.82 Å². The van der Waals surface area contributed by atoms with Crippen LogP contribution in [0.2, 0.25) is 10.0 Å². The lowest BCUT2D eigenvalue weighted by Crippen LogP contribution is -2.45. The number of carbonyl (C=O) groups is 1. The van der Waals surface area contributed by atoms with E-state index >= 15 is 0 Å². The number of carbonyl (C=O) groups excluding carboxylic acids is 1. The minimum atomic E-state index is -2.69. The molecule has 1 aliphatic carbocycles. The molecular weight excluding hydrogens is 395 g/mol. The van der Waals surface area contributed by atoms with Crippen LogP contribution < -0.4 is 5.32 Å². The summed E-state index contributed by atoms with van der Waals surface area (Å²) in [5.74, 6) is -2.48. The standard InChI is InChI=1S/C19H19Cl2F2N3O/c1-12-24-9-13(10-25-12)18(5-7-19(22,23)8-6-18)11-26-17(27)14-3-2-4-15(20)16(14)21/h2-4,9-10H,5-8,11H2,1H3,(H,26,27). The van der Waals surface area contributed by atoms with Gasteiger partial charge in [-0.05, 0) is 37.5 Å². The zero-order chi connectivity index (χ0) is 19.7. The average molecular weight is 414 g/mol. The number of alkyl halides is 2. The molecule has 0 atom stereocenters. The van der Waals surface area contributed by atoms with Gasteiger partial charge in [0.15, 0.2) is 0 Å².